The summed E-state index contributed by atoms with van der Waals surface area (Å²) in [6, 6.07) is 13.3. The lowest BCUT2D eigenvalue weighted by Gasteiger charge is -2.16. The number of para-hydroxylation sites is 1. The molecule has 2 atom stereocenters. The van der Waals surface area contributed by atoms with Gasteiger partial charge in [0.05, 0.1) is 34.3 Å². The summed E-state index contributed by atoms with van der Waals surface area (Å²) >= 11 is 6.25. The van der Waals surface area contributed by atoms with E-state index in [2.05, 4.69) is 14.9 Å². The normalized spacial score (nSPS) is 20.3. The van der Waals surface area contributed by atoms with Crippen molar-refractivity contribution in [3.05, 3.63) is 70.8 Å². The van der Waals surface area contributed by atoms with Crippen LogP contribution < -0.4 is 5.32 Å². The molecule has 0 radical (unpaired) electrons. The molecule has 1 unspecified atom stereocenters. The summed E-state index contributed by atoms with van der Waals surface area (Å²) in [5, 5.41) is 16.5. The van der Waals surface area contributed by atoms with Crippen LogP contribution in [0, 0.1) is 0 Å². The number of imide groups is 1. The lowest BCUT2D eigenvalue weighted by atomic mass is 9.96. The summed E-state index contributed by atoms with van der Waals surface area (Å²) in [6.07, 6.45) is 3.83. The Balaban J connectivity index is 1.80. The molecule has 3 heterocycles. The summed E-state index contributed by atoms with van der Waals surface area (Å²) < 4.78 is 2.17. The Morgan fingerprint density at radius 3 is 2.53 bits per heavy atom. The number of carbonyl (C=O) groups is 2. The summed E-state index contributed by atoms with van der Waals surface area (Å²) in [4.78, 5) is 29.5. The number of nitrogens with one attached hydrogen (secondary N) is 2. The van der Waals surface area contributed by atoms with Gasteiger partial charge in [0.15, 0.2) is 0 Å². The smallest absolute Gasteiger partial charge is 0.259 e. The number of H-pyrrole nitrogens is 1. The van der Waals surface area contributed by atoms with Crippen molar-refractivity contribution in [1.82, 2.24) is 14.9 Å². The van der Waals surface area contributed by atoms with Crippen molar-refractivity contribution in [2.45, 2.75) is 18.6 Å². The maximum Gasteiger partial charge on any atom is 0.259 e. The van der Waals surface area contributed by atoms with Gasteiger partial charge >= 0.3 is 0 Å². The van der Waals surface area contributed by atoms with Crippen LogP contribution in [0.2, 0.25) is 5.02 Å². The van der Waals surface area contributed by atoms with Gasteiger partial charge in [-0.1, -0.05) is 48.0 Å². The number of carbonyl (C=O) groups excluding carboxylic acids is 2. The number of nitrogens with zero attached hydrogens (tertiary/aromatic N) is 1. The molecule has 7 rings (SSSR count). The fourth-order valence-electron chi connectivity index (χ4n) is 5.50. The van der Waals surface area contributed by atoms with Gasteiger partial charge in [0, 0.05) is 44.0 Å². The third-order valence-electron chi connectivity index (χ3n) is 6.71. The maximum atomic E-state index is 13.0. The number of benzene rings is 3. The first-order chi connectivity index (χ1) is 15.5. The molecule has 2 amide bonds. The summed E-state index contributed by atoms with van der Waals surface area (Å²) in [5.74, 6) is -0.772. The number of fused-ring (bicyclic) bond motifs is 10. The molecule has 0 saturated carbocycles. The topological polar surface area (TPSA) is 87.1 Å². The van der Waals surface area contributed by atoms with Gasteiger partial charge < -0.3 is 14.7 Å². The van der Waals surface area contributed by atoms with Gasteiger partial charge in [0.2, 0.25) is 0 Å². The predicted molar refractivity (Wildman–Crippen MR) is 124 cm³/mol. The van der Waals surface area contributed by atoms with Gasteiger partial charge in [0.25, 0.3) is 11.8 Å². The molecule has 1 aliphatic heterocycles. The Morgan fingerprint density at radius 2 is 1.75 bits per heavy atom. The van der Waals surface area contributed by atoms with E-state index in [1.165, 1.54) is 0 Å². The fraction of sp³-hybridized carbons (Fsp3) is 0.120. The molecule has 32 heavy (non-hydrogen) atoms. The van der Waals surface area contributed by atoms with Crippen molar-refractivity contribution in [1.29, 1.82) is 0 Å². The van der Waals surface area contributed by atoms with Gasteiger partial charge in [-0.05, 0) is 18.2 Å². The number of aliphatic hydroxyl groups is 1. The number of rotatable bonds is 1. The molecule has 0 bridgehead atoms. The molecule has 5 aromatic rings. The quantitative estimate of drug-likeness (QED) is 0.257. The Morgan fingerprint density at radius 1 is 0.969 bits per heavy atom. The van der Waals surface area contributed by atoms with Crippen LogP contribution in [0.1, 0.15) is 33.2 Å². The van der Waals surface area contributed by atoms with Crippen LogP contribution in [-0.4, -0.2) is 32.6 Å². The monoisotopic (exact) mass is 441 g/mol. The lowest BCUT2D eigenvalue weighted by molar-refractivity contribution is 0.0880. The number of aromatic nitrogens is 2. The first-order valence-electron chi connectivity index (χ1n) is 10.4. The second-order valence-corrected chi connectivity index (χ2v) is 8.90. The van der Waals surface area contributed by atoms with Crippen molar-refractivity contribution in [3.8, 4) is 0 Å². The van der Waals surface area contributed by atoms with Crippen molar-refractivity contribution < 1.29 is 14.7 Å². The van der Waals surface area contributed by atoms with E-state index in [4.69, 9.17) is 11.6 Å². The number of halogens is 1. The minimum Gasteiger partial charge on any atom is -0.389 e. The number of hydrogen-bond donors (Lipinski definition) is 3. The Hall–Kier alpha value is -3.61. The van der Waals surface area contributed by atoms with E-state index in [-0.39, 0.29) is 17.9 Å². The van der Waals surface area contributed by atoms with Gasteiger partial charge in [-0.15, -0.1) is 0 Å². The zero-order valence-electron chi connectivity index (χ0n) is 16.6. The lowest BCUT2D eigenvalue weighted by Crippen LogP contribution is -2.20. The molecule has 6 nitrogen and oxygen atoms in total. The second-order valence-electron chi connectivity index (χ2n) is 8.46. The highest BCUT2D eigenvalue weighted by Crippen LogP contribution is 2.45. The number of allylic oxidation sites excluding steroid dienone is 1. The highest BCUT2D eigenvalue weighted by atomic mass is 35.5. The zero-order valence-corrected chi connectivity index (χ0v) is 17.4. The molecule has 3 N–H and O–H groups in total. The summed E-state index contributed by atoms with van der Waals surface area (Å²) in [7, 11) is 0. The molecule has 2 aromatic heterocycles. The molecule has 7 heteroatoms. The van der Waals surface area contributed by atoms with Crippen molar-refractivity contribution in [2.75, 3.05) is 0 Å². The van der Waals surface area contributed by atoms with E-state index in [0.717, 1.165) is 38.2 Å². The van der Waals surface area contributed by atoms with Crippen molar-refractivity contribution >= 4 is 67.0 Å². The van der Waals surface area contributed by atoms with Crippen LogP contribution in [-0.2, 0) is 0 Å². The maximum absolute atomic E-state index is 13.0. The third-order valence-corrected chi connectivity index (χ3v) is 6.94. The molecular weight excluding hydrogens is 426 g/mol. The van der Waals surface area contributed by atoms with Gasteiger partial charge in [-0.2, -0.15) is 0 Å². The molecular formula is C25H16ClN3O3. The highest BCUT2D eigenvalue weighted by Gasteiger charge is 2.36. The standard InChI is InChI=1S/C25H16ClN3O3/c26-11-5-8-14-16(9-11)27-22-18(14)20-21(25(32)28-24(20)31)19-15-3-1-2-4-17(15)29(23(19)22)12-6-7-13(30)10-12/h1-9,12-13,27,30H,10H2,(H,28,31,32)/t12?,13-/m1/s1. The number of amides is 2. The predicted octanol–water partition coefficient (Wildman–Crippen LogP) is 4.83. The van der Waals surface area contributed by atoms with E-state index in [9.17, 15) is 14.7 Å². The minimum absolute atomic E-state index is 0.0798. The van der Waals surface area contributed by atoms with E-state index in [1.54, 1.807) is 12.1 Å². The van der Waals surface area contributed by atoms with Crippen LogP contribution in [0.5, 0.6) is 0 Å². The highest BCUT2D eigenvalue weighted by molar-refractivity contribution is 6.39. The zero-order chi connectivity index (χ0) is 21.7. The fourth-order valence-corrected chi connectivity index (χ4v) is 5.67. The minimum atomic E-state index is -0.521. The van der Waals surface area contributed by atoms with E-state index in [0.29, 0.717) is 28.0 Å². The Bertz CT molecular complexity index is 1710. The molecule has 2 aliphatic rings. The van der Waals surface area contributed by atoms with Crippen molar-refractivity contribution in [3.63, 3.8) is 0 Å². The van der Waals surface area contributed by atoms with Crippen LogP contribution in [0.25, 0.3) is 43.6 Å². The SMILES string of the molecule is O=C1NC(=O)c2c1c1c3ccc(Cl)cc3[nH]c1c1c2c2ccccc2n1C1C=C[C@@H](O)C1. The van der Waals surface area contributed by atoms with Crippen LogP contribution >= 0.6 is 11.6 Å². The summed E-state index contributed by atoms with van der Waals surface area (Å²) in [6.45, 7) is 0. The van der Waals surface area contributed by atoms with E-state index < -0.39 is 6.10 Å². The number of hydrogen-bond acceptors (Lipinski definition) is 3. The largest absolute Gasteiger partial charge is 0.389 e. The average Bonchev–Trinajstić information content (AvgIpc) is 3.50. The number of aliphatic hydroxyl groups excluding tert-OH is 1. The van der Waals surface area contributed by atoms with Gasteiger partial charge in [0.1, 0.15) is 0 Å². The second kappa shape index (κ2) is 6.00. The Labute approximate surface area is 186 Å². The van der Waals surface area contributed by atoms with Crippen LogP contribution in [0.4, 0.5) is 0 Å². The first kappa shape index (κ1) is 18.0. The Kier molecular flexibility index (Phi) is 3.38. The summed E-state index contributed by atoms with van der Waals surface area (Å²) in [5.41, 5.74) is 4.19. The molecule has 3 aromatic carbocycles. The average molecular weight is 442 g/mol. The van der Waals surface area contributed by atoms with E-state index in [1.807, 2.05) is 42.5 Å². The van der Waals surface area contributed by atoms with Gasteiger partial charge in [-0.25, -0.2) is 0 Å². The van der Waals surface area contributed by atoms with Crippen LogP contribution in [0.3, 0.4) is 0 Å². The molecule has 0 saturated heterocycles. The first-order valence-corrected chi connectivity index (χ1v) is 10.8. The van der Waals surface area contributed by atoms with E-state index >= 15 is 0 Å². The molecule has 0 spiro atoms. The van der Waals surface area contributed by atoms with Crippen molar-refractivity contribution in [2.24, 2.45) is 0 Å². The molecule has 0 fully saturated rings. The third kappa shape index (κ3) is 2.13. The number of aromatic amines is 1. The molecule has 1 aliphatic carbocycles. The van der Waals surface area contributed by atoms with Crippen LogP contribution in [0.15, 0.2) is 54.6 Å². The molecule has 156 valence electrons. The van der Waals surface area contributed by atoms with Gasteiger partial charge in [-0.3, -0.25) is 14.9 Å².